The first-order chi connectivity index (χ1) is 5.20. The van der Waals surface area contributed by atoms with Crippen LogP contribution in [0, 0.1) is 0 Å². The molecule has 10 nitrogen and oxygen atoms in total. The van der Waals surface area contributed by atoms with Crippen LogP contribution in [0.1, 0.15) is 0 Å². The molecule has 0 aromatic heterocycles. The van der Waals surface area contributed by atoms with Crippen molar-refractivity contribution in [2.75, 3.05) is 0 Å². The summed E-state index contributed by atoms with van der Waals surface area (Å²) < 4.78 is 73.3. The molecule has 0 aliphatic heterocycles. The van der Waals surface area contributed by atoms with E-state index in [0.29, 0.717) is 0 Å². The van der Waals surface area contributed by atoms with E-state index in [1.807, 2.05) is 0 Å². The summed E-state index contributed by atoms with van der Waals surface area (Å²) in [6.07, 6.45) is 0. The SMILES string of the molecule is N.[O]=[V](=[O])[OH].[O]=[V](=[O])[OH].[O]=[V](=[O])[OH]. The van der Waals surface area contributed by atoms with Crippen molar-refractivity contribution in [1.29, 1.82) is 0 Å². The zero-order valence-corrected chi connectivity index (χ0v) is 10.0. The Balaban J connectivity index is -0.0000000450. The molecule has 0 saturated carbocycles. The Morgan fingerprint density at radius 2 is 0.538 bits per heavy atom. The molecule has 0 rings (SSSR count). The second-order valence-electron chi connectivity index (χ2n) is 0.714. The van der Waals surface area contributed by atoms with Gasteiger partial charge >= 0.3 is 80.3 Å². The van der Waals surface area contributed by atoms with Gasteiger partial charge in [-0.15, -0.1) is 0 Å². The van der Waals surface area contributed by atoms with Crippen LogP contribution in [0.15, 0.2) is 0 Å². The molecule has 0 aliphatic rings. The fourth-order valence-corrected chi connectivity index (χ4v) is 0. The number of rotatable bonds is 0. The molecule has 0 amide bonds. The zero-order valence-electron chi connectivity index (χ0n) is 5.84. The Kier molecular flexibility index (Phi) is 32.7. The molecule has 0 radical (unpaired) electrons. The Bertz CT molecular complexity index is 208. The zero-order chi connectivity index (χ0) is 10.7. The summed E-state index contributed by atoms with van der Waals surface area (Å²) in [4.78, 5) is 0. The second-order valence-corrected chi connectivity index (χ2v) is 2.94. The van der Waals surface area contributed by atoms with Gasteiger partial charge in [0.25, 0.3) is 0 Å². The van der Waals surface area contributed by atoms with Crippen LogP contribution in [0.25, 0.3) is 0 Å². The Labute approximate surface area is 86.2 Å². The third-order valence-electron chi connectivity index (χ3n) is 0. The van der Waals surface area contributed by atoms with Crippen LogP contribution in [-0.4, -0.2) is 12.1 Å². The molecule has 0 unspecified atom stereocenters. The number of hydrogen-bond acceptors (Lipinski definition) is 7. The molecule has 80 valence electrons. The van der Waals surface area contributed by atoms with Crippen LogP contribution in [0.2, 0.25) is 0 Å². The maximum atomic E-state index is 8.67. The minimum atomic E-state index is -3.69. The van der Waals surface area contributed by atoms with Crippen LogP contribution in [0.5, 0.6) is 0 Å². The van der Waals surface area contributed by atoms with E-state index >= 15 is 0 Å². The average molecular weight is 317 g/mol. The molecule has 0 saturated heterocycles. The van der Waals surface area contributed by atoms with E-state index in [4.69, 9.17) is 34.1 Å². The van der Waals surface area contributed by atoms with Crippen molar-refractivity contribution in [3.63, 3.8) is 0 Å². The Hall–Kier alpha value is 0.393. The summed E-state index contributed by atoms with van der Waals surface area (Å²) in [5, 5.41) is 0. The third kappa shape index (κ3) is 8660. The Morgan fingerprint density at radius 1 is 0.538 bits per heavy atom. The van der Waals surface area contributed by atoms with Gasteiger partial charge in [-0.25, -0.2) is 0 Å². The van der Waals surface area contributed by atoms with Crippen LogP contribution in [0.4, 0.5) is 0 Å². The van der Waals surface area contributed by atoms with Crippen LogP contribution in [0.3, 0.4) is 0 Å². The van der Waals surface area contributed by atoms with Gasteiger partial charge in [-0.05, 0) is 0 Å². The van der Waals surface area contributed by atoms with E-state index in [1.54, 1.807) is 0 Å². The van der Waals surface area contributed by atoms with Crippen LogP contribution < -0.4 is 6.15 Å². The molecular weight excluding hydrogens is 311 g/mol. The van der Waals surface area contributed by atoms with E-state index in [0.717, 1.165) is 0 Å². The van der Waals surface area contributed by atoms with Crippen molar-refractivity contribution in [1.82, 2.24) is 6.15 Å². The second kappa shape index (κ2) is 18.2. The topological polar surface area (TPSA) is 198 Å². The summed E-state index contributed by atoms with van der Waals surface area (Å²) >= 11 is -11.1. The van der Waals surface area contributed by atoms with E-state index in [1.165, 1.54) is 0 Å². The van der Waals surface area contributed by atoms with Crippen molar-refractivity contribution in [2.24, 2.45) is 0 Å². The van der Waals surface area contributed by atoms with E-state index < -0.39 is 46.2 Å². The summed E-state index contributed by atoms with van der Waals surface area (Å²) in [7, 11) is 0. The van der Waals surface area contributed by atoms with Crippen molar-refractivity contribution < 1.29 is 80.3 Å². The monoisotopic (exact) mass is 317 g/mol. The third-order valence-corrected chi connectivity index (χ3v) is 0. The van der Waals surface area contributed by atoms with Gasteiger partial charge in [0.05, 0.1) is 0 Å². The summed E-state index contributed by atoms with van der Waals surface area (Å²) in [5.41, 5.74) is 0. The standard InChI is InChI=1S/H3N.3H2O.6O.3V/h1H3;3*1H2;;;;;;;;;/q;;;;;;;;;;3*+1/p-3. The first kappa shape index (κ1) is 23.3. The molecule has 0 spiro atoms. The van der Waals surface area contributed by atoms with E-state index in [-0.39, 0.29) is 6.15 Å². The first-order valence-corrected chi connectivity index (χ1v) is 6.99. The molecule has 13 heavy (non-hydrogen) atoms. The molecule has 0 bridgehead atoms. The van der Waals surface area contributed by atoms with E-state index in [2.05, 4.69) is 0 Å². The van der Waals surface area contributed by atoms with Gasteiger partial charge < -0.3 is 6.15 Å². The molecular formula is H6NO9V3. The van der Waals surface area contributed by atoms with Gasteiger partial charge in [0, 0.05) is 0 Å². The van der Waals surface area contributed by atoms with Crippen LogP contribution >= 0.6 is 0 Å². The van der Waals surface area contributed by atoms with Gasteiger partial charge in [0.1, 0.15) is 0 Å². The first-order valence-electron chi connectivity index (χ1n) is 1.70. The van der Waals surface area contributed by atoms with Gasteiger partial charge in [0.15, 0.2) is 0 Å². The normalized spacial score (nSPS) is 5.77. The molecule has 0 aromatic carbocycles. The molecule has 0 heterocycles. The van der Waals surface area contributed by atoms with Gasteiger partial charge in [-0.1, -0.05) is 0 Å². The van der Waals surface area contributed by atoms with Crippen molar-refractivity contribution in [2.45, 2.75) is 0 Å². The summed E-state index contributed by atoms with van der Waals surface area (Å²) in [5.74, 6) is 0. The quantitative estimate of drug-likeness (QED) is 0.379. The average Bonchev–Trinajstić information content (AvgIpc) is 1.54. The predicted molar refractivity (Wildman–Crippen MR) is 15.8 cm³/mol. The van der Waals surface area contributed by atoms with Gasteiger partial charge in [0.2, 0.25) is 0 Å². The molecule has 0 fully saturated rings. The number of hydrogen-bond donors (Lipinski definition) is 4. The van der Waals surface area contributed by atoms with Gasteiger partial charge in [-0.3, -0.25) is 0 Å². The molecule has 0 atom stereocenters. The molecule has 13 heteroatoms. The summed E-state index contributed by atoms with van der Waals surface area (Å²) in [6, 6.07) is 0. The molecule has 6 N–H and O–H groups in total. The molecule has 0 aliphatic carbocycles. The fourth-order valence-electron chi connectivity index (χ4n) is 0. The van der Waals surface area contributed by atoms with E-state index in [9.17, 15) is 0 Å². The predicted octanol–water partition coefficient (Wildman–Crippen LogP) is -2.23. The minimum absolute atomic E-state index is 0. The van der Waals surface area contributed by atoms with Crippen LogP contribution in [-0.2, 0) is 68.2 Å². The maximum absolute atomic E-state index is 8.67. The van der Waals surface area contributed by atoms with Gasteiger partial charge in [-0.2, -0.15) is 0 Å². The van der Waals surface area contributed by atoms with Crippen molar-refractivity contribution >= 4 is 0 Å². The molecule has 0 aromatic rings. The van der Waals surface area contributed by atoms with Crippen molar-refractivity contribution in [3.8, 4) is 0 Å². The fraction of sp³-hybridized carbons (Fsp3) is 0. The summed E-state index contributed by atoms with van der Waals surface area (Å²) in [6.45, 7) is 0. The van der Waals surface area contributed by atoms with Crippen molar-refractivity contribution in [3.05, 3.63) is 0 Å². The Morgan fingerprint density at radius 3 is 0.538 bits per heavy atom.